The van der Waals surface area contributed by atoms with E-state index in [-0.39, 0.29) is 18.5 Å². The molecule has 0 amide bonds. The van der Waals surface area contributed by atoms with Crippen LogP contribution in [0.25, 0.3) is 0 Å². The van der Waals surface area contributed by atoms with Gasteiger partial charge in [-0.25, -0.2) is 5.90 Å². The smallest absolute Gasteiger partial charge is 0.0777 e. The third kappa shape index (κ3) is 4.90. The summed E-state index contributed by atoms with van der Waals surface area (Å²) in [6.45, 7) is 6.29. The fourth-order valence-corrected chi connectivity index (χ4v) is 0.340. The molecule has 0 aromatic rings. The number of halogens is 1. The molecular weight excluding hydrogens is 154 g/mol. The van der Waals surface area contributed by atoms with Gasteiger partial charge in [-0.3, -0.25) is 0 Å². The van der Waals surface area contributed by atoms with Gasteiger partial charge in [-0.1, -0.05) is 13.8 Å². The molecule has 1 atom stereocenters. The van der Waals surface area contributed by atoms with Crippen molar-refractivity contribution in [3.63, 3.8) is 0 Å². The third-order valence-electron chi connectivity index (χ3n) is 1.42. The summed E-state index contributed by atoms with van der Waals surface area (Å²) in [5, 5.41) is 0.300. The Morgan fingerprint density at radius 1 is 1.56 bits per heavy atom. The van der Waals surface area contributed by atoms with Crippen molar-refractivity contribution in [1.29, 1.82) is 0 Å². The van der Waals surface area contributed by atoms with Crippen LogP contribution < -0.4 is 5.90 Å². The van der Waals surface area contributed by atoms with Gasteiger partial charge in [0.05, 0.1) is 6.10 Å². The number of rotatable bonds is 2. The first-order chi connectivity index (χ1) is 3.48. The van der Waals surface area contributed by atoms with E-state index in [9.17, 15) is 0 Å². The molecular formula is C5H16ClNOSi. The molecule has 9 heavy (non-hydrogen) atoms. The molecule has 0 aliphatic carbocycles. The number of hydrogen-bond acceptors (Lipinski definition) is 2. The highest BCUT2D eigenvalue weighted by Crippen LogP contribution is 2.24. The lowest BCUT2D eigenvalue weighted by Gasteiger charge is -2.24. The van der Waals surface area contributed by atoms with E-state index >= 15 is 0 Å². The summed E-state index contributed by atoms with van der Waals surface area (Å²) < 4.78 is 0. The molecule has 0 aliphatic rings. The quantitative estimate of drug-likeness (QED) is 0.475. The van der Waals surface area contributed by atoms with E-state index < -0.39 is 0 Å². The highest BCUT2D eigenvalue weighted by atomic mass is 35.5. The van der Waals surface area contributed by atoms with E-state index in [0.717, 1.165) is 10.2 Å². The maximum absolute atomic E-state index is 4.98. The molecule has 0 rings (SSSR count). The highest BCUT2D eigenvalue weighted by molar-refractivity contribution is 6.15. The standard InChI is InChI=1S/C5H15NOSi.ClH/c1-4(7-6)5(2,3)8;/h4H,6H2,1-3,8H3;1H. The van der Waals surface area contributed by atoms with Crippen molar-refractivity contribution < 1.29 is 4.84 Å². The van der Waals surface area contributed by atoms with Gasteiger partial charge in [0.1, 0.15) is 0 Å². The fraction of sp³-hybridized carbons (Fsp3) is 1.00. The van der Waals surface area contributed by atoms with Gasteiger partial charge in [0.2, 0.25) is 0 Å². The van der Waals surface area contributed by atoms with Gasteiger partial charge in [0.15, 0.2) is 0 Å². The Morgan fingerprint density at radius 2 is 1.89 bits per heavy atom. The molecule has 4 heteroatoms. The zero-order valence-electron chi connectivity index (χ0n) is 6.47. The first-order valence-electron chi connectivity index (χ1n) is 2.84. The Hall–Kier alpha value is 0.427. The summed E-state index contributed by atoms with van der Waals surface area (Å²) in [7, 11) is 1.12. The summed E-state index contributed by atoms with van der Waals surface area (Å²) >= 11 is 0. The summed E-state index contributed by atoms with van der Waals surface area (Å²) in [4.78, 5) is 4.65. The Kier molecular flexibility index (Phi) is 5.77. The average molecular weight is 170 g/mol. The Morgan fingerprint density at radius 3 is 1.89 bits per heavy atom. The van der Waals surface area contributed by atoms with E-state index in [1.165, 1.54) is 0 Å². The van der Waals surface area contributed by atoms with E-state index in [4.69, 9.17) is 5.90 Å². The van der Waals surface area contributed by atoms with E-state index in [1.54, 1.807) is 0 Å². The fourth-order valence-electron chi connectivity index (χ4n) is 0.204. The molecule has 0 saturated heterocycles. The summed E-state index contributed by atoms with van der Waals surface area (Å²) in [6, 6.07) is 0. The van der Waals surface area contributed by atoms with E-state index in [0.29, 0.717) is 5.04 Å². The van der Waals surface area contributed by atoms with Crippen LogP contribution in [0.4, 0.5) is 0 Å². The SMILES string of the molecule is CC(ON)C(C)(C)[SiH3].Cl. The number of hydrogen-bond donors (Lipinski definition) is 1. The molecule has 0 aliphatic heterocycles. The van der Waals surface area contributed by atoms with Gasteiger partial charge < -0.3 is 4.84 Å². The minimum Gasteiger partial charge on any atom is -0.301 e. The number of nitrogens with two attached hydrogens (primary N) is 1. The lowest BCUT2D eigenvalue weighted by atomic mass is 10.1. The maximum Gasteiger partial charge on any atom is 0.0777 e. The topological polar surface area (TPSA) is 35.2 Å². The van der Waals surface area contributed by atoms with Crippen LogP contribution in [0.2, 0.25) is 5.04 Å². The Labute approximate surface area is 65.9 Å². The van der Waals surface area contributed by atoms with Crippen molar-refractivity contribution in [3.8, 4) is 0 Å². The van der Waals surface area contributed by atoms with Crippen LogP contribution in [0.3, 0.4) is 0 Å². The predicted molar refractivity (Wildman–Crippen MR) is 46.0 cm³/mol. The minimum absolute atomic E-state index is 0. The van der Waals surface area contributed by atoms with Gasteiger partial charge >= 0.3 is 0 Å². The van der Waals surface area contributed by atoms with Gasteiger partial charge in [0.25, 0.3) is 0 Å². The summed E-state index contributed by atoms with van der Waals surface area (Å²) in [5.74, 6) is 4.98. The van der Waals surface area contributed by atoms with Crippen LogP contribution in [0.15, 0.2) is 0 Å². The average Bonchev–Trinajstić information content (AvgIpc) is 1.62. The molecule has 0 aromatic carbocycles. The van der Waals surface area contributed by atoms with Crippen molar-refractivity contribution in [2.75, 3.05) is 0 Å². The van der Waals surface area contributed by atoms with Crippen LogP contribution >= 0.6 is 12.4 Å². The van der Waals surface area contributed by atoms with Crippen LogP contribution in [-0.2, 0) is 4.84 Å². The Balaban J connectivity index is 0. The van der Waals surface area contributed by atoms with Crippen molar-refractivity contribution >= 4 is 22.6 Å². The molecule has 0 aromatic heterocycles. The molecule has 0 saturated carbocycles. The summed E-state index contributed by atoms with van der Waals surface area (Å²) in [5.41, 5.74) is 0. The van der Waals surface area contributed by atoms with Crippen molar-refractivity contribution in [3.05, 3.63) is 0 Å². The molecule has 0 bridgehead atoms. The van der Waals surface area contributed by atoms with Gasteiger partial charge in [0, 0.05) is 10.2 Å². The van der Waals surface area contributed by atoms with E-state index in [1.807, 2.05) is 6.92 Å². The normalized spacial score (nSPS) is 14.7. The van der Waals surface area contributed by atoms with Crippen molar-refractivity contribution in [1.82, 2.24) is 0 Å². The maximum atomic E-state index is 4.98. The van der Waals surface area contributed by atoms with Crippen molar-refractivity contribution in [2.45, 2.75) is 31.9 Å². The van der Waals surface area contributed by atoms with Crippen molar-refractivity contribution in [2.24, 2.45) is 5.90 Å². The lowest BCUT2D eigenvalue weighted by molar-refractivity contribution is 0.0415. The minimum atomic E-state index is 0. The molecule has 0 heterocycles. The second-order valence-electron chi connectivity index (χ2n) is 3.14. The monoisotopic (exact) mass is 169 g/mol. The first-order valence-corrected chi connectivity index (χ1v) is 3.84. The van der Waals surface area contributed by atoms with Gasteiger partial charge in [-0.2, -0.15) is 0 Å². The zero-order chi connectivity index (χ0) is 6.78. The predicted octanol–water partition coefficient (Wildman–Crippen LogP) is 0.251. The third-order valence-corrected chi connectivity index (χ3v) is 2.24. The lowest BCUT2D eigenvalue weighted by Crippen LogP contribution is -2.25. The molecule has 2 N–H and O–H groups in total. The second-order valence-corrected chi connectivity index (χ2v) is 5.72. The van der Waals surface area contributed by atoms with Crippen LogP contribution in [0.1, 0.15) is 20.8 Å². The second kappa shape index (κ2) is 4.28. The molecule has 58 valence electrons. The largest absolute Gasteiger partial charge is 0.301 e. The molecule has 1 unspecified atom stereocenters. The van der Waals surface area contributed by atoms with E-state index in [2.05, 4.69) is 18.7 Å². The molecule has 0 fully saturated rings. The summed E-state index contributed by atoms with van der Waals surface area (Å²) in [6.07, 6.45) is 0.189. The van der Waals surface area contributed by atoms with Gasteiger partial charge in [-0.05, 0) is 12.0 Å². The molecule has 0 radical (unpaired) electrons. The molecule has 0 spiro atoms. The molecule has 2 nitrogen and oxygen atoms in total. The van der Waals surface area contributed by atoms with Crippen LogP contribution in [0, 0.1) is 0 Å². The van der Waals surface area contributed by atoms with Gasteiger partial charge in [-0.15, -0.1) is 12.4 Å². The van der Waals surface area contributed by atoms with Crippen LogP contribution in [0.5, 0.6) is 0 Å². The Bertz CT molecular complexity index is 73.8. The first kappa shape index (κ1) is 12.1. The van der Waals surface area contributed by atoms with Crippen LogP contribution in [-0.4, -0.2) is 16.3 Å². The highest BCUT2D eigenvalue weighted by Gasteiger charge is 2.19. The zero-order valence-corrected chi connectivity index (χ0v) is 9.29.